The third kappa shape index (κ3) is 5.76. The van der Waals surface area contributed by atoms with Crippen LogP contribution in [0.25, 0.3) is 5.69 Å². The monoisotopic (exact) mass is 462 g/mol. The molecule has 0 radical (unpaired) electrons. The van der Waals surface area contributed by atoms with Crippen LogP contribution in [0.2, 0.25) is 0 Å². The van der Waals surface area contributed by atoms with Gasteiger partial charge in [-0.3, -0.25) is 9.59 Å². The topological polar surface area (TPSA) is 76.0 Å². The highest BCUT2D eigenvalue weighted by atomic mass is 19.4. The summed E-state index contributed by atoms with van der Waals surface area (Å²) in [5.41, 5.74) is -1.49. The van der Waals surface area contributed by atoms with Crippen LogP contribution in [0, 0.1) is 5.82 Å². The Morgan fingerprint density at radius 2 is 1.70 bits per heavy atom. The number of amides is 2. The van der Waals surface area contributed by atoms with Crippen LogP contribution in [-0.2, 0) is 12.7 Å². The summed E-state index contributed by atoms with van der Waals surface area (Å²) in [5, 5.41) is 8.79. The number of hydrogen-bond acceptors (Lipinski definition) is 3. The number of benzene rings is 2. The summed E-state index contributed by atoms with van der Waals surface area (Å²) in [6.45, 7) is 2.51. The fourth-order valence-corrected chi connectivity index (χ4v) is 3.13. The summed E-state index contributed by atoms with van der Waals surface area (Å²) in [6, 6.07) is 11.2. The lowest BCUT2D eigenvalue weighted by molar-refractivity contribution is -0.143. The Hall–Kier alpha value is -3.69. The molecule has 0 saturated heterocycles. The van der Waals surface area contributed by atoms with Gasteiger partial charge < -0.3 is 10.6 Å². The molecule has 0 unspecified atom stereocenters. The van der Waals surface area contributed by atoms with Crippen molar-refractivity contribution in [2.45, 2.75) is 32.5 Å². The summed E-state index contributed by atoms with van der Waals surface area (Å²) < 4.78 is 55.6. The molecule has 33 heavy (non-hydrogen) atoms. The standard InChI is InChI=1S/C23H22F4N4O2/c1-2-3-12-28-21(32)16-10-8-15(9-11-16)13-29-22(33)17-14-30-31(20(17)23(25,26)27)19-7-5-4-6-18(19)24/h4-11,14H,2-3,12-13H2,1H3,(H,28,32)(H,29,33). The molecule has 1 aromatic heterocycles. The van der Waals surface area contributed by atoms with Gasteiger partial charge in [-0.25, -0.2) is 9.07 Å². The van der Waals surface area contributed by atoms with Crippen LogP contribution < -0.4 is 10.6 Å². The summed E-state index contributed by atoms with van der Waals surface area (Å²) >= 11 is 0. The third-order valence-electron chi connectivity index (χ3n) is 4.85. The van der Waals surface area contributed by atoms with Crippen molar-refractivity contribution in [2.24, 2.45) is 0 Å². The van der Waals surface area contributed by atoms with Gasteiger partial charge in [-0.2, -0.15) is 18.3 Å². The molecule has 6 nitrogen and oxygen atoms in total. The van der Waals surface area contributed by atoms with Crippen LogP contribution in [0.5, 0.6) is 0 Å². The van der Waals surface area contributed by atoms with E-state index in [2.05, 4.69) is 15.7 Å². The maximum absolute atomic E-state index is 14.0. The van der Waals surface area contributed by atoms with E-state index in [0.717, 1.165) is 31.2 Å². The number of nitrogens with one attached hydrogen (secondary N) is 2. The van der Waals surface area contributed by atoms with Gasteiger partial charge >= 0.3 is 6.18 Å². The number of unbranched alkanes of at least 4 members (excludes halogenated alkanes) is 1. The van der Waals surface area contributed by atoms with E-state index < -0.39 is 34.8 Å². The predicted molar refractivity (Wildman–Crippen MR) is 113 cm³/mol. The van der Waals surface area contributed by atoms with Crippen molar-refractivity contribution in [3.05, 3.63) is 82.9 Å². The maximum Gasteiger partial charge on any atom is 0.434 e. The minimum Gasteiger partial charge on any atom is -0.352 e. The molecular formula is C23H22F4N4O2. The Kier molecular flexibility index (Phi) is 7.47. The average molecular weight is 462 g/mol. The smallest absolute Gasteiger partial charge is 0.352 e. The van der Waals surface area contributed by atoms with Crippen molar-refractivity contribution in [3.63, 3.8) is 0 Å². The van der Waals surface area contributed by atoms with Gasteiger partial charge in [-0.15, -0.1) is 0 Å². The number of carbonyl (C=O) groups excluding carboxylic acids is 2. The number of nitrogens with zero attached hydrogens (tertiary/aromatic N) is 2. The maximum atomic E-state index is 14.0. The lowest BCUT2D eigenvalue weighted by Gasteiger charge is -2.13. The van der Waals surface area contributed by atoms with Crippen molar-refractivity contribution in [1.29, 1.82) is 0 Å². The molecule has 0 aliphatic carbocycles. The Morgan fingerprint density at radius 1 is 1.00 bits per heavy atom. The summed E-state index contributed by atoms with van der Waals surface area (Å²) in [7, 11) is 0. The number of alkyl halides is 3. The molecule has 2 aromatic carbocycles. The van der Waals surface area contributed by atoms with Gasteiger partial charge in [0.25, 0.3) is 11.8 Å². The quantitative estimate of drug-likeness (QED) is 0.383. The summed E-state index contributed by atoms with van der Waals surface area (Å²) in [5.74, 6) is -2.14. The largest absolute Gasteiger partial charge is 0.434 e. The molecule has 0 fully saturated rings. The van der Waals surface area contributed by atoms with Gasteiger partial charge in [-0.1, -0.05) is 37.6 Å². The molecule has 0 spiro atoms. The second-order valence-corrected chi connectivity index (χ2v) is 7.26. The van der Waals surface area contributed by atoms with Crippen molar-refractivity contribution >= 4 is 11.8 Å². The van der Waals surface area contributed by atoms with Crippen LogP contribution in [0.3, 0.4) is 0 Å². The van der Waals surface area contributed by atoms with Gasteiger partial charge in [-0.05, 0) is 36.2 Å². The van der Waals surface area contributed by atoms with E-state index in [-0.39, 0.29) is 12.5 Å². The van der Waals surface area contributed by atoms with E-state index in [4.69, 9.17) is 0 Å². The molecule has 10 heteroatoms. The molecule has 174 valence electrons. The molecule has 2 amide bonds. The highest BCUT2D eigenvalue weighted by molar-refractivity contribution is 5.95. The molecular weight excluding hydrogens is 440 g/mol. The van der Waals surface area contributed by atoms with Gasteiger partial charge in [0.2, 0.25) is 0 Å². The average Bonchev–Trinajstić information content (AvgIpc) is 3.24. The zero-order valence-electron chi connectivity index (χ0n) is 17.7. The van der Waals surface area contributed by atoms with Crippen molar-refractivity contribution < 1.29 is 27.2 Å². The van der Waals surface area contributed by atoms with Gasteiger partial charge in [0.05, 0.1) is 11.8 Å². The van der Waals surface area contributed by atoms with Crippen LogP contribution in [0.15, 0.2) is 54.7 Å². The normalized spacial score (nSPS) is 11.3. The highest BCUT2D eigenvalue weighted by Gasteiger charge is 2.41. The molecule has 3 aromatic rings. The molecule has 0 atom stereocenters. The number of aromatic nitrogens is 2. The Balaban J connectivity index is 1.73. The summed E-state index contributed by atoms with van der Waals surface area (Å²) in [4.78, 5) is 24.5. The first kappa shape index (κ1) is 24.0. The predicted octanol–water partition coefficient (Wildman–Crippen LogP) is 4.49. The SMILES string of the molecule is CCCCNC(=O)c1ccc(CNC(=O)c2cnn(-c3ccccc3F)c2C(F)(F)F)cc1. The Bertz CT molecular complexity index is 1120. The van der Waals surface area contributed by atoms with Crippen LogP contribution in [0.4, 0.5) is 17.6 Å². The van der Waals surface area contributed by atoms with E-state index in [1.807, 2.05) is 6.92 Å². The minimum atomic E-state index is -4.95. The number of rotatable bonds is 8. The summed E-state index contributed by atoms with van der Waals surface area (Å²) in [6.07, 6.45) is -2.37. The lowest BCUT2D eigenvalue weighted by Crippen LogP contribution is -2.26. The first-order valence-corrected chi connectivity index (χ1v) is 10.3. The second-order valence-electron chi connectivity index (χ2n) is 7.26. The van der Waals surface area contributed by atoms with Gasteiger partial charge in [0, 0.05) is 18.7 Å². The number of halogens is 4. The molecule has 2 N–H and O–H groups in total. The van der Waals surface area contributed by atoms with E-state index >= 15 is 0 Å². The van der Waals surface area contributed by atoms with Crippen LogP contribution >= 0.6 is 0 Å². The zero-order chi connectivity index (χ0) is 24.0. The fraction of sp³-hybridized carbons (Fsp3) is 0.261. The molecule has 0 saturated carbocycles. The zero-order valence-corrected chi connectivity index (χ0v) is 17.7. The molecule has 0 bridgehead atoms. The third-order valence-corrected chi connectivity index (χ3v) is 4.85. The number of hydrogen-bond donors (Lipinski definition) is 2. The first-order valence-electron chi connectivity index (χ1n) is 10.3. The lowest BCUT2D eigenvalue weighted by atomic mass is 10.1. The molecule has 3 rings (SSSR count). The minimum absolute atomic E-state index is 0.0707. The van der Waals surface area contributed by atoms with E-state index in [1.54, 1.807) is 24.3 Å². The fourth-order valence-electron chi connectivity index (χ4n) is 3.13. The van der Waals surface area contributed by atoms with E-state index in [0.29, 0.717) is 22.4 Å². The van der Waals surface area contributed by atoms with Crippen LogP contribution in [-0.4, -0.2) is 28.1 Å². The van der Waals surface area contributed by atoms with E-state index in [9.17, 15) is 27.2 Å². The molecule has 0 aliphatic rings. The van der Waals surface area contributed by atoms with Gasteiger partial charge in [0.15, 0.2) is 5.69 Å². The Morgan fingerprint density at radius 3 is 2.33 bits per heavy atom. The molecule has 1 heterocycles. The Labute approximate surface area is 187 Å². The van der Waals surface area contributed by atoms with Crippen molar-refractivity contribution in [2.75, 3.05) is 6.54 Å². The number of para-hydroxylation sites is 1. The first-order chi connectivity index (χ1) is 15.7. The highest BCUT2D eigenvalue weighted by Crippen LogP contribution is 2.34. The second kappa shape index (κ2) is 10.3. The molecule has 0 aliphatic heterocycles. The van der Waals surface area contributed by atoms with Crippen molar-refractivity contribution in [1.82, 2.24) is 20.4 Å². The van der Waals surface area contributed by atoms with E-state index in [1.165, 1.54) is 12.1 Å². The number of carbonyl (C=O) groups is 2. The van der Waals surface area contributed by atoms with Crippen LogP contribution in [0.1, 0.15) is 51.7 Å². The van der Waals surface area contributed by atoms with Gasteiger partial charge in [0.1, 0.15) is 11.5 Å². The van der Waals surface area contributed by atoms with Crippen molar-refractivity contribution in [3.8, 4) is 5.69 Å².